The highest BCUT2D eigenvalue weighted by Gasteiger charge is 2.21. The minimum atomic E-state index is -0.161. The topological polar surface area (TPSA) is 77.7 Å². The Morgan fingerprint density at radius 1 is 1.19 bits per heavy atom. The van der Waals surface area contributed by atoms with Gasteiger partial charge in [-0.25, -0.2) is 0 Å². The van der Waals surface area contributed by atoms with Gasteiger partial charge in [-0.05, 0) is 78.2 Å². The van der Waals surface area contributed by atoms with Crippen molar-refractivity contribution in [3.63, 3.8) is 0 Å². The molecule has 0 N–H and O–H groups in total. The van der Waals surface area contributed by atoms with Crippen LogP contribution in [-0.4, -0.2) is 40.7 Å². The lowest BCUT2D eigenvalue weighted by atomic mass is 10.2. The molecule has 0 bridgehead atoms. The first-order valence-electron chi connectivity index (χ1n) is 10.1. The van der Waals surface area contributed by atoms with Crippen molar-refractivity contribution in [2.24, 2.45) is 0 Å². The third-order valence-corrected chi connectivity index (χ3v) is 5.44. The Balaban J connectivity index is 1.65. The second kappa shape index (κ2) is 10.4. The normalized spacial score (nSPS) is 10.9. The molecule has 31 heavy (non-hydrogen) atoms. The van der Waals surface area contributed by atoms with E-state index >= 15 is 0 Å². The Morgan fingerprint density at radius 3 is 2.55 bits per heavy atom. The van der Waals surface area contributed by atoms with Crippen LogP contribution in [0.4, 0.5) is 0 Å². The summed E-state index contributed by atoms with van der Waals surface area (Å²) in [4.78, 5) is 18.9. The van der Waals surface area contributed by atoms with E-state index in [1.807, 2.05) is 56.3 Å². The van der Waals surface area contributed by atoms with Crippen molar-refractivity contribution in [2.45, 2.75) is 39.8 Å². The number of ether oxygens (including phenoxy) is 2. The first kappa shape index (κ1) is 22.8. The number of halogens is 1. The van der Waals surface area contributed by atoms with Crippen LogP contribution < -0.4 is 9.47 Å². The summed E-state index contributed by atoms with van der Waals surface area (Å²) in [7, 11) is 1.61. The summed E-state index contributed by atoms with van der Waals surface area (Å²) in [6.07, 6.45) is 0.932. The number of methoxy groups -OCH3 is 1. The first-order chi connectivity index (χ1) is 14.9. The molecule has 1 amide bonds. The second-order valence-electron chi connectivity index (χ2n) is 7.26. The molecule has 0 aliphatic heterocycles. The van der Waals surface area contributed by atoms with Crippen molar-refractivity contribution < 1.29 is 18.8 Å². The molecule has 0 aliphatic carbocycles. The minimum absolute atomic E-state index is 0.0571. The third kappa shape index (κ3) is 5.85. The number of amides is 1. The van der Waals surface area contributed by atoms with Crippen LogP contribution in [0, 0.1) is 0 Å². The van der Waals surface area contributed by atoms with Gasteiger partial charge in [0.25, 0.3) is 5.91 Å². The number of hydrogen-bond acceptors (Lipinski definition) is 6. The van der Waals surface area contributed by atoms with E-state index in [1.54, 1.807) is 12.0 Å². The van der Waals surface area contributed by atoms with Crippen molar-refractivity contribution in [1.82, 2.24) is 15.0 Å². The molecule has 0 saturated carbocycles. The fourth-order valence-electron chi connectivity index (χ4n) is 2.98. The molecule has 3 aromatic rings. The Kier molecular flexibility index (Phi) is 7.68. The van der Waals surface area contributed by atoms with E-state index in [-0.39, 0.29) is 25.1 Å². The highest BCUT2D eigenvalue weighted by atomic mass is 79.9. The molecule has 3 rings (SSSR count). The largest absolute Gasteiger partial charge is 0.497 e. The molecule has 0 unspecified atom stereocenters. The van der Waals surface area contributed by atoms with E-state index in [4.69, 9.17) is 14.0 Å². The van der Waals surface area contributed by atoms with Crippen LogP contribution in [0.5, 0.6) is 11.5 Å². The van der Waals surface area contributed by atoms with Gasteiger partial charge in [0.1, 0.15) is 18.0 Å². The molecule has 1 aromatic heterocycles. The van der Waals surface area contributed by atoms with Crippen molar-refractivity contribution in [2.75, 3.05) is 13.7 Å². The second-order valence-corrected chi connectivity index (χ2v) is 8.12. The Hall–Kier alpha value is -2.87. The van der Waals surface area contributed by atoms with E-state index in [0.29, 0.717) is 17.5 Å². The lowest BCUT2D eigenvalue weighted by Gasteiger charge is -2.25. The van der Waals surface area contributed by atoms with Gasteiger partial charge in [0.05, 0.1) is 11.6 Å². The zero-order valence-electron chi connectivity index (χ0n) is 18.1. The van der Waals surface area contributed by atoms with Crippen LogP contribution in [0.15, 0.2) is 51.5 Å². The Morgan fingerprint density at radius 2 is 1.94 bits per heavy atom. The van der Waals surface area contributed by atoms with Gasteiger partial charge in [0.2, 0.25) is 11.7 Å². The molecule has 0 fully saturated rings. The quantitative estimate of drug-likeness (QED) is 0.427. The molecule has 7 nitrogen and oxygen atoms in total. The summed E-state index contributed by atoms with van der Waals surface area (Å²) < 4.78 is 17.1. The predicted octanol–water partition coefficient (Wildman–Crippen LogP) is 4.89. The van der Waals surface area contributed by atoms with Gasteiger partial charge in [-0.2, -0.15) is 4.98 Å². The van der Waals surface area contributed by atoms with Crippen LogP contribution >= 0.6 is 15.9 Å². The van der Waals surface area contributed by atoms with E-state index < -0.39 is 0 Å². The lowest BCUT2D eigenvalue weighted by Crippen LogP contribution is -2.39. The van der Waals surface area contributed by atoms with Crippen LogP contribution in [0.1, 0.15) is 32.2 Å². The minimum Gasteiger partial charge on any atom is -0.497 e. The average Bonchev–Trinajstić information content (AvgIpc) is 3.25. The molecule has 0 aliphatic rings. The molecule has 164 valence electrons. The summed E-state index contributed by atoms with van der Waals surface area (Å²) in [6.45, 7) is 6.08. The van der Waals surface area contributed by atoms with Gasteiger partial charge in [0, 0.05) is 11.6 Å². The monoisotopic (exact) mass is 487 g/mol. The van der Waals surface area contributed by atoms with Gasteiger partial charge >= 0.3 is 0 Å². The first-order valence-corrected chi connectivity index (χ1v) is 10.9. The van der Waals surface area contributed by atoms with Crippen LogP contribution in [-0.2, 0) is 17.8 Å². The number of rotatable bonds is 9. The average molecular weight is 488 g/mol. The molecule has 8 heteroatoms. The standard InChI is InChI=1S/C23H26BrN3O4/c1-5-16-6-11-20(19(24)12-16)30-14-22(28)27(15(2)3)13-21-25-23(26-31-21)17-7-9-18(29-4)10-8-17/h6-12,15H,5,13-14H2,1-4H3. The number of hydrogen-bond donors (Lipinski definition) is 0. The number of carbonyl (C=O) groups excluding carboxylic acids is 1. The van der Waals surface area contributed by atoms with Crippen molar-refractivity contribution in [3.05, 3.63) is 58.4 Å². The van der Waals surface area contributed by atoms with E-state index in [1.165, 1.54) is 5.56 Å². The van der Waals surface area contributed by atoms with Crippen LogP contribution in [0.2, 0.25) is 0 Å². The molecule has 0 saturated heterocycles. The van der Waals surface area contributed by atoms with Gasteiger partial charge in [-0.3, -0.25) is 4.79 Å². The SMILES string of the molecule is CCc1ccc(OCC(=O)N(Cc2nc(-c3ccc(OC)cc3)no2)C(C)C)c(Br)c1. The summed E-state index contributed by atoms with van der Waals surface area (Å²) in [5.74, 6) is 2.05. The number of aromatic nitrogens is 2. The Bertz CT molecular complexity index is 1020. The lowest BCUT2D eigenvalue weighted by molar-refractivity contribution is -0.136. The van der Waals surface area contributed by atoms with E-state index in [9.17, 15) is 4.79 Å². The maximum Gasteiger partial charge on any atom is 0.261 e. The summed E-state index contributed by atoms with van der Waals surface area (Å²) in [5.41, 5.74) is 2.00. The van der Waals surface area contributed by atoms with Gasteiger partial charge in [-0.15, -0.1) is 0 Å². The number of aryl methyl sites for hydroxylation is 1. The van der Waals surface area contributed by atoms with Gasteiger partial charge in [0.15, 0.2) is 6.61 Å². The molecular formula is C23H26BrN3O4. The van der Waals surface area contributed by atoms with Crippen molar-refractivity contribution in [3.8, 4) is 22.9 Å². The predicted molar refractivity (Wildman–Crippen MR) is 121 cm³/mol. The molecule has 2 aromatic carbocycles. The molecule has 0 radical (unpaired) electrons. The number of nitrogens with zero attached hydrogens (tertiary/aromatic N) is 3. The summed E-state index contributed by atoms with van der Waals surface area (Å²) in [5, 5.41) is 4.03. The number of carbonyl (C=O) groups is 1. The smallest absolute Gasteiger partial charge is 0.261 e. The highest BCUT2D eigenvalue weighted by Crippen LogP contribution is 2.26. The number of benzene rings is 2. The zero-order valence-corrected chi connectivity index (χ0v) is 19.7. The highest BCUT2D eigenvalue weighted by molar-refractivity contribution is 9.10. The maximum absolute atomic E-state index is 12.8. The van der Waals surface area contributed by atoms with Crippen LogP contribution in [0.25, 0.3) is 11.4 Å². The summed E-state index contributed by atoms with van der Waals surface area (Å²) >= 11 is 3.50. The molecular weight excluding hydrogens is 462 g/mol. The van der Waals surface area contributed by atoms with E-state index in [2.05, 4.69) is 33.0 Å². The summed E-state index contributed by atoms with van der Waals surface area (Å²) in [6, 6.07) is 13.2. The molecule has 1 heterocycles. The fraction of sp³-hybridized carbons (Fsp3) is 0.348. The van der Waals surface area contributed by atoms with Crippen molar-refractivity contribution >= 4 is 21.8 Å². The van der Waals surface area contributed by atoms with E-state index in [0.717, 1.165) is 22.2 Å². The molecule has 0 atom stereocenters. The van der Waals surface area contributed by atoms with Gasteiger partial charge < -0.3 is 18.9 Å². The fourth-order valence-corrected chi connectivity index (χ4v) is 3.53. The third-order valence-electron chi connectivity index (χ3n) is 4.82. The Labute approximate surface area is 190 Å². The van der Waals surface area contributed by atoms with Crippen LogP contribution in [0.3, 0.4) is 0 Å². The van der Waals surface area contributed by atoms with Gasteiger partial charge in [-0.1, -0.05) is 18.1 Å². The van der Waals surface area contributed by atoms with Crippen molar-refractivity contribution in [1.29, 1.82) is 0 Å². The molecule has 0 spiro atoms. The zero-order chi connectivity index (χ0) is 22.4. The maximum atomic E-state index is 12.8.